The van der Waals surface area contributed by atoms with Crippen LogP contribution in [0.5, 0.6) is 5.75 Å². The van der Waals surface area contributed by atoms with E-state index >= 15 is 0 Å². The predicted octanol–water partition coefficient (Wildman–Crippen LogP) is 1.86. The van der Waals surface area contributed by atoms with Crippen molar-refractivity contribution in [2.24, 2.45) is 0 Å². The maximum absolute atomic E-state index is 12.8. The van der Waals surface area contributed by atoms with E-state index in [0.717, 1.165) is 5.56 Å². The zero-order chi connectivity index (χ0) is 22.1. The van der Waals surface area contributed by atoms with Crippen molar-refractivity contribution in [3.05, 3.63) is 66.0 Å². The predicted molar refractivity (Wildman–Crippen MR) is 118 cm³/mol. The van der Waals surface area contributed by atoms with E-state index in [2.05, 4.69) is 25.2 Å². The van der Waals surface area contributed by atoms with Crippen LogP contribution in [0.25, 0.3) is 0 Å². The molecule has 11 heteroatoms. The Kier molecular flexibility index (Phi) is 8.04. The topological polar surface area (TPSA) is 126 Å². The van der Waals surface area contributed by atoms with Crippen molar-refractivity contribution in [2.45, 2.75) is 16.5 Å². The molecule has 0 aliphatic heterocycles. The Morgan fingerprint density at radius 3 is 2.68 bits per heavy atom. The molecular formula is C20H23N5O4S2. The number of rotatable bonds is 11. The van der Waals surface area contributed by atoms with E-state index in [1.54, 1.807) is 0 Å². The fraction of sp³-hybridized carbons (Fsp3) is 0.250. The lowest BCUT2D eigenvalue weighted by molar-refractivity contribution is 0.0956. The summed E-state index contributed by atoms with van der Waals surface area (Å²) >= 11 is 1.42. The fourth-order valence-corrected chi connectivity index (χ4v) is 4.62. The number of methoxy groups -OCH3 is 1. The van der Waals surface area contributed by atoms with Crippen molar-refractivity contribution in [3.8, 4) is 5.75 Å². The number of H-pyrrole nitrogens is 1. The molecular weight excluding hydrogens is 438 g/mol. The standard InChI is InChI=1S/C20H23N5O4S2/c1-29-17-8-7-16(19(26)21-11-12-30-20-22-14-23-25-20)13-18(17)31(27,28)24-10-9-15-5-3-2-4-6-15/h2-8,13-14,24H,9-12H2,1H3,(H,21,26)(H,22,23,25). The van der Waals surface area contributed by atoms with Crippen LogP contribution in [0.1, 0.15) is 15.9 Å². The summed E-state index contributed by atoms with van der Waals surface area (Å²) < 4.78 is 33.4. The number of amides is 1. The Hall–Kier alpha value is -2.89. The summed E-state index contributed by atoms with van der Waals surface area (Å²) in [5.41, 5.74) is 1.25. The lowest BCUT2D eigenvalue weighted by atomic mass is 10.2. The minimum absolute atomic E-state index is 0.0771. The zero-order valence-electron chi connectivity index (χ0n) is 16.9. The van der Waals surface area contributed by atoms with Crippen molar-refractivity contribution in [2.75, 3.05) is 26.0 Å². The number of thioether (sulfide) groups is 1. The SMILES string of the molecule is COc1ccc(C(=O)NCCSc2ncn[nH]2)cc1S(=O)(=O)NCCc1ccccc1. The molecule has 164 valence electrons. The maximum atomic E-state index is 12.8. The normalized spacial score (nSPS) is 11.3. The molecule has 3 N–H and O–H groups in total. The second kappa shape index (κ2) is 10.9. The van der Waals surface area contributed by atoms with Gasteiger partial charge in [-0.2, -0.15) is 5.10 Å². The zero-order valence-corrected chi connectivity index (χ0v) is 18.5. The first-order chi connectivity index (χ1) is 15.0. The van der Waals surface area contributed by atoms with Crippen LogP contribution >= 0.6 is 11.8 Å². The first kappa shape index (κ1) is 22.8. The first-order valence-corrected chi connectivity index (χ1v) is 11.9. The molecule has 31 heavy (non-hydrogen) atoms. The van der Waals surface area contributed by atoms with Gasteiger partial charge in [-0.25, -0.2) is 18.1 Å². The largest absolute Gasteiger partial charge is 0.495 e. The summed E-state index contributed by atoms with van der Waals surface area (Å²) in [6.45, 7) is 0.610. The van der Waals surface area contributed by atoms with Crippen molar-refractivity contribution >= 4 is 27.7 Å². The van der Waals surface area contributed by atoms with E-state index in [4.69, 9.17) is 4.74 Å². The van der Waals surface area contributed by atoms with E-state index in [9.17, 15) is 13.2 Å². The van der Waals surface area contributed by atoms with E-state index in [1.165, 1.54) is 43.4 Å². The summed E-state index contributed by atoms with van der Waals surface area (Å²) in [6, 6.07) is 13.9. The second-order valence-electron chi connectivity index (χ2n) is 6.39. The number of carbonyl (C=O) groups excluding carboxylic acids is 1. The third-order valence-corrected chi connectivity index (χ3v) is 6.64. The van der Waals surface area contributed by atoms with Gasteiger partial charge in [-0.05, 0) is 30.2 Å². The summed E-state index contributed by atoms with van der Waals surface area (Å²) in [5, 5.41) is 9.90. The number of hydrogen-bond acceptors (Lipinski definition) is 7. The van der Waals surface area contributed by atoms with Gasteiger partial charge in [-0.3, -0.25) is 9.89 Å². The Labute approximate surface area is 185 Å². The Balaban J connectivity index is 1.62. The summed E-state index contributed by atoms with van der Waals surface area (Å²) in [7, 11) is -2.47. The van der Waals surface area contributed by atoms with Crippen LogP contribution in [0.15, 0.2) is 64.9 Å². The molecule has 0 bridgehead atoms. The lowest BCUT2D eigenvalue weighted by Crippen LogP contribution is -2.28. The van der Waals surface area contributed by atoms with Crippen LogP contribution in [-0.2, 0) is 16.4 Å². The molecule has 2 aromatic carbocycles. The molecule has 0 unspecified atom stereocenters. The maximum Gasteiger partial charge on any atom is 0.251 e. The van der Waals surface area contributed by atoms with E-state index in [1.807, 2.05) is 30.3 Å². The van der Waals surface area contributed by atoms with Gasteiger partial charge in [0, 0.05) is 24.4 Å². The molecule has 0 spiro atoms. The van der Waals surface area contributed by atoms with Gasteiger partial charge in [0.25, 0.3) is 5.91 Å². The molecule has 0 aliphatic rings. The van der Waals surface area contributed by atoms with Crippen LogP contribution in [0.2, 0.25) is 0 Å². The molecule has 0 saturated carbocycles. The van der Waals surface area contributed by atoms with Crippen LogP contribution < -0.4 is 14.8 Å². The van der Waals surface area contributed by atoms with Crippen molar-refractivity contribution in [1.82, 2.24) is 25.2 Å². The Morgan fingerprint density at radius 2 is 1.97 bits per heavy atom. The number of hydrogen-bond donors (Lipinski definition) is 3. The number of nitrogens with zero attached hydrogens (tertiary/aromatic N) is 2. The van der Waals surface area contributed by atoms with Crippen molar-refractivity contribution in [1.29, 1.82) is 0 Å². The van der Waals surface area contributed by atoms with Gasteiger partial charge >= 0.3 is 0 Å². The average Bonchev–Trinajstić information content (AvgIpc) is 3.30. The summed E-state index contributed by atoms with van der Waals surface area (Å²) in [6.07, 6.45) is 1.96. The highest BCUT2D eigenvalue weighted by Gasteiger charge is 2.21. The van der Waals surface area contributed by atoms with E-state index in [-0.39, 0.29) is 28.7 Å². The third kappa shape index (κ3) is 6.54. The first-order valence-electron chi connectivity index (χ1n) is 9.47. The number of aromatic amines is 1. The molecule has 0 saturated heterocycles. The summed E-state index contributed by atoms with van der Waals surface area (Å²) in [4.78, 5) is 16.4. The summed E-state index contributed by atoms with van der Waals surface area (Å²) in [5.74, 6) is 0.384. The van der Waals surface area contributed by atoms with Gasteiger partial charge in [-0.1, -0.05) is 42.1 Å². The minimum Gasteiger partial charge on any atom is -0.495 e. The number of aromatic nitrogens is 3. The van der Waals surface area contributed by atoms with Gasteiger partial charge in [0.1, 0.15) is 17.0 Å². The smallest absolute Gasteiger partial charge is 0.251 e. The highest BCUT2D eigenvalue weighted by molar-refractivity contribution is 7.99. The number of sulfonamides is 1. The van der Waals surface area contributed by atoms with Gasteiger partial charge in [0.2, 0.25) is 10.0 Å². The minimum atomic E-state index is -3.86. The van der Waals surface area contributed by atoms with E-state index < -0.39 is 10.0 Å². The molecule has 0 radical (unpaired) electrons. The molecule has 3 aromatic rings. The Morgan fingerprint density at radius 1 is 1.16 bits per heavy atom. The fourth-order valence-electron chi connectivity index (χ4n) is 2.76. The molecule has 0 aliphatic carbocycles. The van der Waals surface area contributed by atoms with Crippen molar-refractivity contribution < 1.29 is 17.9 Å². The lowest BCUT2D eigenvalue weighted by Gasteiger charge is -2.13. The van der Waals surface area contributed by atoms with Crippen LogP contribution in [0.3, 0.4) is 0 Å². The molecule has 1 aromatic heterocycles. The average molecular weight is 462 g/mol. The Bertz CT molecular complexity index is 1090. The molecule has 1 heterocycles. The van der Waals surface area contributed by atoms with Crippen molar-refractivity contribution in [3.63, 3.8) is 0 Å². The molecule has 9 nitrogen and oxygen atoms in total. The highest BCUT2D eigenvalue weighted by Crippen LogP contribution is 2.25. The number of carbonyl (C=O) groups is 1. The number of benzene rings is 2. The van der Waals surface area contributed by atoms with E-state index in [0.29, 0.717) is 23.9 Å². The quantitative estimate of drug-likeness (QED) is 0.294. The molecule has 3 rings (SSSR count). The van der Waals surface area contributed by atoms with Gasteiger partial charge < -0.3 is 10.1 Å². The third-order valence-electron chi connectivity index (χ3n) is 4.28. The molecule has 1 amide bonds. The molecule has 0 fully saturated rings. The number of nitrogens with one attached hydrogen (secondary N) is 3. The monoisotopic (exact) mass is 461 g/mol. The van der Waals surface area contributed by atoms with Gasteiger partial charge in [-0.15, -0.1) is 0 Å². The van der Waals surface area contributed by atoms with Crippen LogP contribution in [-0.4, -0.2) is 55.5 Å². The molecule has 0 atom stereocenters. The second-order valence-corrected chi connectivity index (χ2v) is 9.21. The number of ether oxygens (including phenoxy) is 1. The highest BCUT2D eigenvalue weighted by atomic mass is 32.2. The van der Waals surface area contributed by atoms with Crippen LogP contribution in [0, 0.1) is 0 Å². The van der Waals surface area contributed by atoms with Crippen LogP contribution in [0.4, 0.5) is 0 Å². The van der Waals surface area contributed by atoms with Gasteiger partial charge in [0.15, 0.2) is 5.16 Å². The van der Waals surface area contributed by atoms with Gasteiger partial charge in [0.05, 0.1) is 7.11 Å².